The SMILES string of the molecule is C=Cc1ccc(-c2cc3c4c(c2)B2c5ccccc5-c5cc(-c6ccc(C=C)cc6)cc(c52)N4c2cccc4c2B3c2ccccc2-4)cc1. The van der Waals surface area contributed by atoms with Crippen LogP contribution in [0.1, 0.15) is 11.1 Å². The van der Waals surface area contributed by atoms with Gasteiger partial charge >= 0.3 is 0 Å². The highest BCUT2D eigenvalue weighted by molar-refractivity contribution is 7.05. The smallest absolute Gasteiger partial charge is 0.248 e. The van der Waals surface area contributed by atoms with Gasteiger partial charge in [-0.1, -0.05) is 158 Å². The summed E-state index contributed by atoms with van der Waals surface area (Å²) in [6.45, 7) is 8.30. The monoisotopic (exact) mass is 617 g/mol. The van der Waals surface area contributed by atoms with Gasteiger partial charge in [-0.3, -0.25) is 0 Å². The zero-order valence-electron chi connectivity index (χ0n) is 26.9. The second-order valence-corrected chi connectivity index (χ2v) is 13.7. The summed E-state index contributed by atoms with van der Waals surface area (Å²) in [7, 11) is 0. The van der Waals surface area contributed by atoms with Gasteiger partial charge < -0.3 is 4.90 Å². The van der Waals surface area contributed by atoms with Crippen LogP contribution in [0.2, 0.25) is 0 Å². The molecule has 1 nitrogen and oxygen atoms in total. The molecule has 0 atom stereocenters. The van der Waals surface area contributed by atoms with Crippen LogP contribution in [0.15, 0.2) is 153 Å². The lowest BCUT2D eigenvalue weighted by molar-refractivity contribution is 1.31. The number of rotatable bonds is 4. The minimum atomic E-state index is 0.150. The van der Waals surface area contributed by atoms with Gasteiger partial charge in [-0.05, 0) is 95.7 Å². The molecule has 0 unspecified atom stereocenters. The maximum Gasteiger partial charge on any atom is 0.248 e. The van der Waals surface area contributed by atoms with Crippen molar-refractivity contribution in [2.24, 2.45) is 0 Å². The molecule has 0 aromatic heterocycles. The lowest BCUT2D eigenvalue weighted by Gasteiger charge is -2.43. The average molecular weight is 617 g/mol. The Morgan fingerprint density at radius 1 is 0.408 bits per heavy atom. The molecule has 49 heavy (non-hydrogen) atoms. The van der Waals surface area contributed by atoms with Crippen molar-refractivity contribution in [2.75, 3.05) is 4.90 Å². The van der Waals surface area contributed by atoms with Crippen molar-refractivity contribution in [3.8, 4) is 44.5 Å². The molecule has 0 fully saturated rings. The van der Waals surface area contributed by atoms with Gasteiger partial charge in [-0.2, -0.15) is 0 Å². The number of nitrogens with zero attached hydrogens (tertiary/aromatic N) is 1. The van der Waals surface area contributed by atoms with Gasteiger partial charge in [0, 0.05) is 17.1 Å². The number of fused-ring (bicyclic) bond motifs is 10. The fourth-order valence-corrected chi connectivity index (χ4v) is 9.29. The second-order valence-electron chi connectivity index (χ2n) is 13.7. The molecule has 4 aliphatic heterocycles. The molecule has 11 rings (SSSR count). The minimum Gasteiger partial charge on any atom is -0.312 e. The van der Waals surface area contributed by atoms with Crippen molar-refractivity contribution in [1.29, 1.82) is 0 Å². The molecule has 0 saturated carbocycles. The molecule has 0 spiro atoms. The molecule has 4 aliphatic rings. The molecule has 0 amide bonds. The first-order valence-electron chi connectivity index (χ1n) is 17.1. The molecule has 3 heteroatoms. The van der Waals surface area contributed by atoms with Crippen LogP contribution in [0.25, 0.3) is 56.7 Å². The Labute approximate surface area is 287 Å². The van der Waals surface area contributed by atoms with Crippen molar-refractivity contribution in [2.45, 2.75) is 0 Å². The summed E-state index contributed by atoms with van der Waals surface area (Å²) in [5.41, 5.74) is 25.0. The van der Waals surface area contributed by atoms with Crippen LogP contribution >= 0.6 is 0 Å². The van der Waals surface area contributed by atoms with Crippen LogP contribution in [-0.4, -0.2) is 13.4 Å². The van der Waals surface area contributed by atoms with Gasteiger partial charge in [0.25, 0.3) is 0 Å². The molecule has 4 heterocycles. The van der Waals surface area contributed by atoms with E-state index in [1.165, 1.54) is 94.3 Å². The van der Waals surface area contributed by atoms with Crippen molar-refractivity contribution in [1.82, 2.24) is 0 Å². The normalized spacial score (nSPS) is 13.3. The molecule has 224 valence electrons. The first kappa shape index (κ1) is 27.0. The average Bonchev–Trinajstić information content (AvgIpc) is 3.69. The third kappa shape index (κ3) is 3.52. The standard InChI is InChI=1S/C46H29B2N/c1-3-28-16-20-30(21-17-28)32-24-37-35-11-6-8-14-39(35)48-41-26-33(31-22-18-29(4-2)19-23-31)25-40-46(41)49(43(27-32)45(37)48)42-15-9-12-36-34-10-5-7-13-38(34)47(40)44(36)42/h3-27H,1-2H2. The van der Waals surface area contributed by atoms with Crippen LogP contribution in [0.3, 0.4) is 0 Å². The van der Waals surface area contributed by atoms with Crippen molar-refractivity contribution < 1.29 is 0 Å². The Morgan fingerprint density at radius 3 is 1.51 bits per heavy atom. The zero-order chi connectivity index (χ0) is 32.4. The number of benzene rings is 7. The maximum atomic E-state index is 4.00. The highest BCUT2D eigenvalue weighted by Gasteiger charge is 2.49. The molecule has 0 radical (unpaired) electrons. The summed E-state index contributed by atoms with van der Waals surface area (Å²) in [5, 5.41) is 0. The van der Waals surface area contributed by atoms with Crippen LogP contribution in [0.4, 0.5) is 17.1 Å². The predicted octanol–water partition coefficient (Wildman–Crippen LogP) is 7.40. The Kier molecular flexibility index (Phi) is 5.36. The van der Waals surface area contributed by atoms with Crippen LogP contribution in [0.5, 0.6) is 0 Å². The van der Waals surface area contributed by atoms with Gasteiger partial charge in [0.1, 0.15) is 0 Å². The predicted molar refractivity (Wildman–Crippen MR) is 212 cm³/mol. The largest absolute Gasteiger partial charge is 0.312 e. The summed E-state index contributed by atoms with van der Waals surface area (Å²) in [5.74, 6) is 0. The Morgan fingerprint density at radius 2 is 0.918 bits per heavy atom. The fourth-order valence-electron chi connectivity index (χ4n) is 9.29. The van der Waals surface area contributed by atoms with Crippen molar-refractivity contribution in [3.63, 3.8) is 0 Å². The summed E-state index contributed by atoms with van der Waals surface area (Å²) in [6, 6.07) is 52.6. The highest BCUT2D eigenvalue weighted by atomic mass is 15.2. The fraction of sp³-hybridized carbons (Fsp3) is 0. The van der Waals surface area contributed by atoms with Gasteiger partial charge in [0.05, 0.1) is 0 Å². The van der Waals surface area contributed by atoms with Gasteiger partial charge in [-0.15, -0.1) is 0 Å². The molecule has 7 aromatic carbocycles. The van der Waals surface area contributed by atoms with E-state index in [1.54, 1.807) is 0 Å². The van der Waals surface area contributed by atoms with Crippen LogP contribution < -0.4 is 37.7 Å². The summed E-state index contributed by atoms with van der Waals surface area (Å²) < 4.78 is 0. The van der Waals surface area contributed by atoms with Crippen molar-refractivity contribution in [3.05, 3.63) is 164 Å². The van der Waals surface area contributed by atoms with E-state index in [0.717, 1.165) is 11.1 Å². The van der Waals surface area contributed by atoms with Crippen LogP contribution in [0, 0.1) is 0 Å². The Bertz CT molecular complexity index is 2580. The van der Waals surface area contributed by atoms with E-state index in [-0.39, 0.29) is 13.4 Å². The van der Waals surface area contributed by atoms with E-state index in [1.807, 2.05) is 12.2 Å². The third-order valence-electron chi connectivity index (χ3n) is 11.4. The van der Waals surface area contributed by atoms with Gasteiger partial charge in [0.15, 0.2) is 0 Å². The van der Waals surface area contributed by atoms with Crippen molar-refractivity contribution >= 4 is 75.4 Å². The first-order valence-corrected chi connectivity index (χ1v) is 17.1. The molecular weight excluding hydrogens is 588 g/mol. The molecule has 0 N–H and O–H groups in total. The van der Waals surface area contributed by atoms with E-state index in [4.69, 9.17) is 0 Å². The lowest BCUT2D eigenvalue weighted by atomic mass is 9.32. The van der Waals surface area contributed by atoms with E-state index in [0.29, 0.717) is 0 Å². The second kappa shape index (κ2) is 9.75. The van der Waals surface area contributed by atoms with Crippen LogP contribution in [-0.2, 0) is 0 Å². The highest BCUT2D eigenvalue weighted by Crippen LogP contribution is 2.46. The summed E-state index contributed by atoms with van der Waals surface area (Å²) >= 11 is 0. The quantitative estimate of drug-likeness (QED) is 0.186. The Balaban J connectivity index is 1.26. The third-order valence-corrected chi connectivity index (χ3v) is 11.4. The zero-order valence-corrected chi connectivity index (χ0v) is 26.9. The number of anilines is 3. The molecule has 7 aromatic rings. The first-order chi connectivity index (χ1) is 24.2. The Hall–Kier alpha value is -6.05. The summed E-state index contributed by atoms with van der Waals surface area (Å²) in [4.78, 5) is 2.62. The molecule has 0 bridgehead atoms. The summed E-state index contributed by atoms with van der Waals surface area (Å²) in [6.07, 6.45) is 3.83. The van der Waals surface area contributed by atoms with Gasteiger partial charge in [0.2, 0.25) is 13.4 Å². The van der Waals surface area contributed by atoms with E-state index in [2.05, 4.69) is 158 Å². The number of hydrogen-bond donors (Lipinski definition) is 0. The lowest BCUT2D eigenvalue weighted by Crippen LogP contribution is -2.63. The van der Waals surface area contributed by atoms with E-state index >= 15 is 0 Å². The van der Waals surface area contributed by atoms with E-state index in [9.17, 15) is 0 Å². The molecule has 0 aliphatic carbocycles. The van der Waals surface area contributed by atoms with E-state index < -0.39 is 0 Å². The maximum absolute atomic E-state index is 4.00. The minimum absolute atomic E-state index is 0.150. The molecular formula is C46H29B2N. The molecule has 0 saturated heterocycles. The van der Waals surface area contributed by atoms with Gasteiger partial charge in [-0.25, -0.2) is 0 Å². The number of hydrogen-bond acceptors (Lipinski definition) is 1. The topological polar surface area (TPSA) is 3.24 Å².